The predicted octanol–water partition coefficient (Wildman–Crippen LogP) is 5.75. The van der Waals surface area contributed by atoms with Crippen LogP contribution in [0.25, 0.3) is 11.3 Å². The average molecular weight is 460 g/mol. The summed E-state index contributed by atoms with van der Waals surface area (Å²) in [6.07, 6.45) is 0. The first-order valence-corrected chi connectivity index (χ1v) is 11.3. The molecule has 0 bridgehead atoms. The highest BCUT2D eigenvalue weighted by Gasteiger charge is 2.16. The zero-order valence-electron chi connectivity index (χ0n) is 18.1. The van der Waals surface area contributed by atoms with Crippen LogP contribution in [-0.2, 0) is 6.54 Å². The molecule has 166 valence electrons. The third-order valence-corrected chi connectivity index (χ3v) is 6.58. The maximum absolute atomic E-state index is 11.3. The molecule has 4 aromatic rings. The number of nitro groups is 1. The lowest BCUT2D eigenvalue weighted by Gasteiger charge is -2.11. The van der Waals surface area contributed by atoms with Crippen molar-refractivity contribution in [3.8, 4) is 22.8 Å². The quantitative estimate of drug-likeness (QED) is 0.281. The largest absolute Gasteiger partial charge is 0.454 e. The van der Waals surface area contributed by atoms with Crippen molar-refractivity contribution in [2.75, 3.05) is 6.79 Å². The van der Waals surface area contributed by atoms with Crippen LogP contribution in [0.2, 0.25) is 0 Å². The van der Waals surface area contributed by atoms with Crippen molar-refractivity contribution in [3.63, 3.8) is 0 Å². The lowest BCUT2D eigenvalue weighted by molar-refractivity contribution is -0.384. The Kier molecular flexibility index (Phi) is 5.43. The molecule has 0 atom stereocenters. The molecular formula is C25H21N3O4S. The number of aryl methyl sites for hydroxylation is 1. The summed E-state index contributed by atoms with van der Waals surface area (Å²) in [6.45, 7) is 4.88. The SMILES string of the molecule is Cc1cccc(N=c2scc(-c3cccc([N+](=O)[O-])c3)n2Cc2ccc3c(c2)OCO3)c1C. The normalized spacial score (nSPS) is 12.8. The summed E-state index contributed by atoms with van der Waals surface area (Å²) in [6, 6.07) is 18.6. The Bertz CT molecular complexity index is 1440. The first kappa shape index (κ1) is 21.0. The van der Waals surface area contributed by atoms with Gasteiger partial charge in [-0.1, -0.05) is 30.3 Å². The van der Waals surface area contributed by atoms with E-state index in [1.807, 2.05) is 41.8 Å². The molecule has 1 aliphatic heterocycles. The molecule has 1 aliphatic rings. The molecule has 0 aliphatic carbocycles. The summed E-state index contributed by atoms with van der Waals surface area (Å²) in [5, 5.41) is 13.3. The highest BCUT2D eigenvalue weighted by Crippen LogP contribution is 2.33. The van der Waals surface area contributed by atoms with Crippen molar-refractivity contribution in [1.29, 1.82) is 0 Å². The van der Waals surface area contributed by atoms with Crippen LogP contribution in [-0.4, -0.2) is 16.3 Å². The van der Waals surface area contributed by atoms with Gasteiger partial charge in [-0.3, -0.25) is 10.1 Å². The maximum atomic E-state index is 11.3. The smallest absolute Gasteiger partial charge is 0.270 e. The molecule has 8 heteroatoms. The number of thiazole rings is 1. The van der Waals surface area contributed by atoms with Crippen LogP contribution in [0.4, 0.5) is 11.4 Å². The van der Waals surface area contributed by atoms with Gasteiger partial charge in [0.05, 0.1) is 22.8 Å². The number of nitro benzene ring substituents is 1. The van der Waals surface area contributed by atoms with Gasteiger partial charge in [-0.15, -0.1) is 11.3 Å². The van der Waals surface area contributed by atoms with Crippen molar-refractivity contribution in [2.45, 2.75) is 20.4 Å². The van der Waals surface area contributed by atoms with Gasteiger partial charge in [-0.2, -0.15) is 0 Å². The van der Waals surface area contributed by atoms with Gasteiger partial charge in [-0.05, 0) is 48.7 Å². The van der Waals surface area contributed by atoms with Gasteiger partial charge in [0.1, 0.15) is 0 Å². The summed E-state index contributed by atoms with van der Waals surface area (Å²) >= 11 is 1.51. The van der Waals surface area contributed by atoms with Crippen LogP contribution in [0.15, 0.2) is 71.0 Å². The Morgan fingerprint density at radius 1 is 1.06 bits per heavy atom. The summed E-state index contributed by atoms with van der Waals surface area (Å²) in [4.78, 5) is 16.7. The second-order valence-electron chi connectivity index (χ2n) is 7.82. The Hall–Kier alpha value is -3.91. The molecule has 3 aromatic carbocycles. The lowest BCUT2D eigenvalue weighted by atomic mass is 10.1. The zero-order valence-corrected chi connectivity index (χ0v) is 19.0. The van der Waals surface area contributed by atoms with Crippen LogP contribution in [0.5, 0.6) is 11.5 Å². The molecule has 5 rings (SSSR count). The van der Waals surface area contributed by atoms with E-state index < -0.39 is 0 Å². The first-order chi connectivity index (χ1) is 16.0. The van der Waals surface area contributed by atoms with Crippen LogP contribution in [0, 0.1) is 24.0 Å². The Labute approximate surface area is 194 Å². The highest BCUT2D eigenvalue weighted by atomic mass is 32.1. The van der Waals surface area contributed by atoms with Crippen molar-refractivity contribution in [2.24, 2.45) is 4.99 Å². The van der Waals surface area contributed by atoms with E-state index in [1.54, 1.807) is 12.1 Å². The molecule has 0 N–H and O–H groups in total. The second kappa shape index (κ2) is 8.55. The molecule has 0 unspecified atom stereocenters. The fourth-order valence-electron chi connectivity index (χ4n) is 3.76. The van der Waals surface area contributed by atoms with Gasteiger partial charge in [0.25, 0.3) is 5.69 Å². The van der Waals surface area contributed by atoms with Gasteiger partial charge < -0.3 is 14.0 Å². The van der Waals surface area contributed by atoms with Crippen LogP contribution < -0.4 is 14.3 Å². The van der Waals surface area contributed by atoms with Crippen molar-refractivity contribution >= 4 is 22.7 Å². The number of non-ortho nitro benzene ring substituents is 1. The van der Waals surface area contributed by atoms with Crippen molar-refractivity contribution in [1.82, 2.24) is 4.57 Å². The average Bonchev–Trinajstić information content (AvgIpc) is 3.44. The summed E-state index contributed by atoms with van der Waals surface area (Å²) in [5.74, 6) is 1.45. The van der Waals surface area contributed by atoms with Crippen LogP contribution in [0.1, 0.15) is 16.7 Å². The Morgan fingerprint density at radius 3 is 2.73 bits per heavy atom. The number of nitrogens with zero attached hydrogens (tertiary/aromatic N) is 3. The molecule has 0 saturated heterocycles. The third-order valence-electron chi connectivity index (χ3n) is 5.72. The molecule has 0 fully saturated rings. The number of aromatic nitrogens is 1. The molecule has 0 radical (unpaired) electrons. The van der Waals surface area contributed by atoms with Crippen LogP contribution in [0.3, 0.4) is 0 Å². The lowest BCUT2D eigenvalue weighted by Crippen LogP contribution is -2.17. The van der Waals surface area contributed by atoms with E-state index in [2.05, 4.69) is 24.5 Å². The highest BCUT2D eigenvalue weighted by molar-refractivity contribution is 7.07. The molecular weight excluding hydrogens is 438 g/mol. The van der Waals surface area contributed by atoms with E-state index in [9.17, 15) is 10.1 Å². The van der Waals surface area contributed by atoms with Gasteiger partial charge in [0.2, 0.25) is 6.79 Å². The van der Waals surface area contributed by atoms with E-state index >= 15 is 0 Å². The Morgan fingerprint density at radius 2 is 1.88 bits per heavy atom. The van der Waals surface area contributed by atoms with Gasteiger partial charge in [0.15, 0.2) is 16.3 Å². The third kappa shape index (κ3) is 4.12. The molecule has 7 nitrogen and oxygen atoms in total. The summed E-state index contributed by atoms with van der Waals surface area (Å²) in [7, 11) is 0. The van der Waals surface area contributed by atoms with Gasteiger partial charge in [-0.25, -0.2) is 4.99 Å². The standard InChI is InChI=1S/C25H21N3O4S/c1-16-5-3-8-21(17(16)2)26-25-27(13-18-9-10-23-24(11-18)32-15-31-23)22(14-33-25)19-6-4-7-20(12-19)28(29)30/h3-12,14H,13,15H2,1-2H3. The number of fused-ring (bicyclic) bond motifs is 1. The summed E-state index contributed by atoms with van der Waals surface area (Å²) in [5.41, 5.74) is 5.91. The molecule has 0 amide bonds. The molecule has 2 heterocycles. The minimum atomic E-state index is -0.376. The van der Waals surface area contributed by atoms with Gasteiger partial charge in [0, 0.05) is 23.1 Å². The molecule has 1 aromatic heterocycles. The number of rotatable bonds is 5. The number of hydrogen-bond donors (Lipinski definition) is 0. The molecule has 0 spiro atoms. The van der Waals surface area contributed by atoms with E-state index in [0.717, 1.165) is 38.6 Å². The first-order valence-electron chi connectivity index (χ1n) is 10.4. The maximum Gasteiger partial charge on any atom is 0.270 e. The fraction of sp³-hybridized carbons (Fsp3) is 0.160. The number of hydrogen-bond acceptors (Lipinski definition) is 6. The monoisotopic (exact) mass is 459 g/mol. The van der Waals surface area contributed by atoms with E-state index in [4.69, 9.17) is 14.5 Å². The van der Waals surface area contributed by atoms with Crippen molar-refractivity contribution in [3.05, 3.63) is 97.6 Å². The Balaban J connectivity index is 1.66. The minimum absolute atomic E-state index is 0.0568. The van der Waals surface area contributed by atoms with Crippen LogP contribution >= 0.6 is 11.3 Å². The molecule has 33 heavy (non-hydrogen) atoms. The second-order valence-corrected chi connectivity index (χ2v) is 8.65. The van der Waals surface area contributed by atoms with Crippen molar-refractivity contribution < 1.29 is 14.4 Å². The topological polar surface area (TPSA) is 78.9 Å². The minimum Gasteiger partial charge on any atom is -0.454 e. The summed E-state index contributed by atoms with van der Waals surface area (Å²) < 4.78 is 13.1. The number of benzene rings is 3. The predicted molar refractivity (Wildman–Crippen MR) is 127 cm³/mol. The zero-order chi connectivity index (χ0) is 22.9. The van der Waals surface area contributed by atoms with E-state index in [0.29, 0.717) is 12.3 Å². The number of ether oxygens (including phenoxy) is 2. The van der Waals surface area contributed by atoms with Gasteiger partial charge >= 0.3 is 0 Å². The van der Waals surface area contributed by atoms with E-state index in [1.165, 1.54) is 23.0 Å². The molecule has 0 saturated carbocycles. The fourth-order valence-corrected chi connectivity index (χ4v) is 4.68. The van der Waals surface area contributed by atoms with E-state index in [-0.39, 0.29) is 17.4 Å².